The summed E-state index contributed by atoms with van der Waals surface area (Å²) in [6.07, 6.45) is -5.65. The Hall–Kier alpha value is -3.13. The molecule has 0 bridgehead atoms. The van der Waals surface area contributed by atoms with Crippen LogP contribution < -0.4 is 16.0 Å². The Morgan fingerprint density at radius 3 is 2.48 bits per heavy atom. The number of nitriles is 1. The molecule has 1 aromatic heterocycles. The van der Waals surface area contributed by atoms with Gasteiger partial charge in [-0.25, -0.2) is 13.8 Å². The number of hydrogen-bond donors (Lipinski definition) is 0. The highest BCUT2D eigenvalue weighted by molar-refractivity contribution is 6.32. The molecule has 0 amide bonds. The molecule has 0 saturated heterocycles. The predicted octanol–water partition coefficient (Wildman–Crippen LogP) is 2.17. The molecule has 0 spiro atoms. The van der Waals surface area contributed by atoms with E-state index in [4.69, 9.17) is 21.6 Å². The second-order valence-electron chi connectivity index (χ2n) is 5.09. The standard InChI is InChI=1S/C15H8ClF4N3O4/c1-22-11(15(18,19)20)6-12(24)23(14(22)26)9-5-10(7(16)4-8(9)17)27-13(25)2-3-21/h4-6H,2H2,1H3. The minimum atomic E-state index is -4.98. The summed E-state index contributed by atoms with van der Waals surface area (Å²) >= 11 is 5.71. The Balaban J connectivity index is 2.71. The smallest absolute Gasteiger partial charge is 0.424 e. The van der Waals surface area contributed by atoms with E-state index in [0.717, 1.165) is 7.05 Å². The van der Waals surface area contributed by atoms with E-state index in [0.29, 0.717) is 12.1 Å². The van der Waals surface area contributed by atoms with Crippen LogP contribution in [0.2, 0.25) is 5.02 Å². The number of rotatable bonds is 3. The van der Waals surface area contributed by atoms with Crippen LogP contribution in [0.25, 0.3) is 5.69 Å². The highest BCUT2D eigenvalue weighted by atomic mass is 35.5. The summed E-state index contributed by atoms with van der Waals surface area (Å²) in [6.45, 7) is 0. The van der Waals surface area contributed by atoms with Crippen molar-refractivity contribution in [2.24, 2.45) is 7.05 Å². The number of ether oxygens (including phenoxy) is 1. The molecule has 27 heavy (non-hydrogen) atoms. The van der Waals surface area contributed by atoms with Gasteiger partial charge in [-0.1, -0.05) is 11.6 Å². The number of benzene rings is 1. The Morgan fingerprint density at radius 2 is 1.93 bits per heavy atom. The van der Waals surface area contributed by atoms with Crippen LogP contribution in [0.1, 0.15) is 12.1 Å². The molecule has 0 unspecified atom stereocenters. The second-order valence-corrected chi connectivity index (χ2v) is 5.49. The van der Waals surface area contributed by atoms with E-state index < -0.39 is 57.8 Å². The van der Waals surface area contributed by atoms with Gasteiger partial charge in [0.1, 0.15) is 17.9 Å². The van der Waals surface area contributed by atoms with Gasteiger partial charge in [0.25, 0.3) is 5.56 Å². The van der Waals surface area contributed by atoms with E-state index in [1.54, 1.807) is 0 Å². The molecule has 0 fully saturated rings. The molecule has 0 aliphatic heterocycles. The normalized spacial score (nSPS) is 11.1. The number of aromatic nitrogens is 2. The molecule has 0 aliphatic carbocycles. The minimum Gasteiger partial charge on any atom is -0.424 e. The fraction of sp³-hybridized carbons (Fsp3) is 0.200. The molecular formula is C15H8ClF4N3O4. The van der Waals surface area contributed by atoms with Crippen molar-refractivity contribution in [3.8, 4) is 17.5 Å². The number of esters is 1. The number of halogens is 5. The summed E-state index contributed by atoms with van der Waals surface area (Å²) in [5.74, 6) is -2.76. The second kappa shape index (κ2) is 7.24. The van der Waals surface area contributed by atoms with Gasteiger partial charge in [0.2, 0.25) is 0 Å². The Bertz CT molecular complexity index is 1080. The van der Waals surface area contributed by atoms with Crippen molar-refractivity contribution >= 4 is 17.6 Å². The lowest BCUT2D eigenvalue weighted by Crippen LogP contribution is -2.41. The van der Waals surface area contributed by atoms with Gasteiger partial charge in [-0.2, -0.15) is 18.4 Å². The van der Waals surface area contributed by atoms with E-state index in [2.05, 4.69) is 0 Å². The fourth-order valence-corrected chi connectivity index (χ4v) is 2.30. The molecule has 142 valence electrons. The number of carbonyl (C=O) groups excluding carboxylic acids is 1. The van der Waals surface area contributed by atoms with Gasteiger partial charge in [0.15, 0.2) is 5.75 Å². The van der Waals surface area contributed by atoms with Gasteiger partial charge >= 0.3 is 17.8 Å². The van der Waals surface area contributed by atoms with Crippen molar-refractivity contribution in [3.05, 3.63) is 55.6 Å². The van der Waals surface area contributed by atoms with Gasteiger partial charge in [-0.3, -0.25) is 14.2 Å². The predicted molar refractivity (Wildman–Crippen MR) is 83.1 cm³/mol. The highest BCUT2D eigenvalue weighted by Gasteiger charge is 2.35. The summed E-state index contributed by atoms with van der Waals surface area (Å²) in [5, 5.41) is 8.01. The molecule has 0 aliphatic rings. The maximum absolute atomic E-state index is 14.2. The van der Waals surface area contributed by atoms with Crippen LogP contribution in [0.5, 0.6) is 5.75 Å². The lowest BCUT2D eigenvalue weighted by molar-refractivity contribution is -0.144. The first-order chi connectivity index (χ1) is 12.5. The van der Waals surface area contributed by atoms with E-state index >= 15 is 0 Å². The summed E-state index contributed by atoms with van der Waals surface area (Å²) in [4.78, 5) is 35.6. The third-order valence-electron chi connectivity index (χ3n) is 3.30. The molecule has 0 saturated carbocycles. The lowest BCUT2D eigenvalue weighted by atomic mass is 10.2. The zero-order valence-corrected chi connectivity index (χ0v) is 14.1. The van der Waals surface area contributed by atoms with E-state index in [-0.39, 0.29) is 15.2 Å². The first-order valence-corrected chi connectivity index (χ1v) is 7.32. The maximum atomic E-state index is 14.2. The van der Waals surface area contributed by atoms with Crippen LogP contribution in [0, 0.1) is 17.1 Å². The summed E-state index contributed by atoms with van der Waals surface area (Å²) in [6, 6.07) is 2.93. The molecule has 2 aromatic rings. The molecule has 1 aromatic carbocycles. The topological polar surface area (TPSA) is 94.1 Å². The van der Waals surface area contributed by atoms with Crippen molar-refractivity contribution in [2.75, 3.05) is 0 Å². The van der Waals surface area contributed by atoms with Crippen LogP contribution >= 0.6 is 11.6 Å². The van der Waals surface area contributed by atoms with Crippen molar-refractivity contribution in [2.45, 2.75) is 12.6 Å². The largest absolute Gasteiger partial charge is 0.431 e. The molecule has 12 heteroatoms. The molecule has 0 atom stereocenters. The lowest BCUT2D eigenvalue weighted by Gasteiger charge is -2.15. The first kappa shape index (κ1) is 20.2. The first-order valence-electron chi connectivity index (χ1n) is 6.94. The van der Waals surface area contributed by atoms with Crippen LogP contribution in [-0.4, -0.2) is 15.1 Å². The highest BCUT2D eigenvalue weighted by Crippen LogP contribution is 2.30. The number of alkyl halides is 3. The van der Waals surface area contributed by atoms with Crippen molar-refractivity contribution in [3.63, 3.8) is 0 Å². The molecule has 1 heterocycles. The van der Waals surface area contributed by atoms with Crippen LogP contribution in [0.3, 0.4) is 0 Å². The Morgan fingerprint density at radius 1 is 1.30 bits per heavy atom. The fourth-order valence-electron chi connectivity index (χ4n) is 2.11. The van der Waals surface area contributed by atoms with Crippen LogP contribution in [0.15, 0.2) is 27.8 Å². The van der Waals surface area contributed by atoms with Crippen molar-refractivity contribution < 1.29 is 27.1 Å². The molecule has 0 N–H and O–H groups in total. The van der Waals surface area contributed by atoms with E-state index in [1.807, 2.05) is 0 Å². The third-order valence-corrected chi connectivity index (χ3v) is 3.60. The maximum Gasteiger partial charge on any atom is 0.431 e. The van der Waals surface area contributed by atoms with Gasteiger partial charge in [-0.05, 0) is 6.07 Å². The SMILES string of the molecule is Cn1c(C(F)(F)F)cc(=O)n(-c2cc(OC(=O)CC#N)c(Cl)cc2F)c1=O. The summed E-state index contributed by atoms with van der Waals surface area (Å²) in [5.41, 5.74) is -5.24. The zero-order valence-electron chi connectivity index (χ0n) is 13.3. The van der Waals surface area contributed by atoms with Crippen molar-refractivity contribution in [1.29, 1.82) is 5.26 Å². The average Bonchev–Trinajstić information content (AvgIpc) is 2.54. The van der Waals surface area contributed by atoms with Gasteiger partial charge in [-0.15, -0.1) is 0 Å². The van der Waals surface area contributed by atoms with Gasteiger partial charge < -0.3 is 4.74 Å². The number of hydrogen-bond acceptors (Lipinski definition) is 5. The van der Waals surface area contributed by atoms with Crippen LogP contribution in [0.4, 0.5) is 17.6 Å². The molecule has 2 rings (SSSR count). The number of carbonyl (C=O) groups is 1. The Labute approximate surface area is 152 Å². The summed E-state index contributed by atoms with van der Waals surface area (Å²) < 4.78 is 57.8. The molecule has 0 radical (unpaired) electrons. The number of nitrogens with zero attached hydrogens (tertiary/aromatic N) is 3. The monoisotopic (exact) mass is 405 g/mol. The summed E-state index contributed by atoms with van der Waals surface area (Å²) in [7, 11) is 0.753. The van der Waals surface area contributed by atoms with E-state index in [9.17, 15) is 31.9 Å². The third kappa shape index (κ3) is 4.01. The van der Waals surface area contributed by atoms with Gasteiger partial charge in [0.05, 0.1) is 16.8 Å². The molecule has 7 nitrogen and oxygen atoms in total. The van der Waals surface area contributed by atoms with Crippen molar-refractivity contribution in [1.82, 2.24) is 9.13 Å². The zero-order chi connectivity index (χ0) is 20.5. The van der Waals surface area contributed by atoms with Gasteiger partial charge in [0, 0.05) is 19.2 Å². The minimum absolute atomic E-state index is 0.122. The Kier molecular flexibility index (Phi) is 5.41. The van der Waals surface area contributed by atoms with E-state index in [1.165, 1.54) is 6.07 Å². The van der Waals surface area contributed by atoms with Crippen LogP contribution in [-0.2, 0) is 18.0 Å². The quantitative estimate of drug-likeness (QED) is 0.443. The molecular weight excluding hydrogens is 398 g/mol. The average molecular weight is 406 g/mol.